The van der Waals surface area contributed by atoms with E-state index in [0.29, 0.717) is 4.47 Å². The Kier molecular flexibility index (Phi) is 3.33. The molecule has 0 aromatic heterocycles. The minimum atomic E-state index is -0.603. The number of carbonyl (C=O) groups is 1. The van der Waals surface area contributed by atoms with Crippen molar-refractivity contribution in [3.05, 3.63) is 69.7 Å². The van der Waals surface area contributed by atoms with Gasteiger partial charge in [-0.3, -0.25) is 4.79 Å². The lowest BCUT2D eigenvalue weighted by molar-refractivity contribution is 0.103. The van der Waals surface area contributed by atoms with Gasteiger partial charge in [-0.15, -0.1) is 0 Å². The summed E-state index contributed by atoms with van der Waals surface area (Å²) in [5, 5.41) is 0. The SMILES string of the molecule is O=C(c1ccc(F)cc1)c1c(F)cccc1Br. The van der Waals surface area contributed by atoms with E-state index in [1.165, 1.54) is 36.4 Å². The number of hydrogen-bond donors (Lipinski definition) is 0. The lowest BCUT2D eigenvalue weighted by Crippen LogP contribution is -2.05. The van der Waals surface area contributed by atoms with E-state index in [1.54, 1.807) is 6.07 Å². The summed E-state index contributed by atoms with van der Waals surface area (Å²) < 4.78 is 26.6. The van der Waals surface area contributed by atoms with Crippen LogP contribution >= 0.6 is 15.9 Å². The van der Waals surface area contributed by atoms with E-state index in [2.05, 4.69) is 15.9 Å². The average molecular weight is 297 g/mol. The molecule has 0 amide bonds. The molecule has 0 atom stereocenters. The first-order valence-corrected chi connectivity index (χ1v) is 5.63. The summed E-state index contributed by atoms with van der Waals surface area (Å²) in [6, 6.07) is 9.29. The van der Waals surface area contributed by atoms with Gasteiger partial charge >= 0.3 is 0 Å². The maximum atomic E-state index is 13.5. The van der Waals surface area contributed by atoms with Crippen LogP contribution in [-0.2, 0) is 0 Å². The van der Waals surface area contributed by atoms with Crippen molar-refractivity contribution in [3.63, 3.8) is 0 Å². The zero-order valence-corrected chi connectivity index (χ0v) is 10.2. The van der Waals surface area contributed by atoms with E-state index < -0.39 is 17.4 Å². The van der Waals surface area contributed by atoms with Crippen molar-refractivity contribution < 1.29 is 13.6 Å². The smallest absolute Gasteiger partial charge is 0.197 e. The van der Waals surface area contributed by atoms with Crippen LogP contribution in [0, 0.1) is 11.6 Å². The van der Waals surface area contributed by atoms with Crippen LogP contribution in [0.15, 0.2) is 46.9 Å². The fraction of sp³-hybridized carbons (Fsp3) is 0. The van der Waals surface area contributed by atoms with E-state index in [4.69, 9.17) is 0 Å². The molecular weight excluding hydrogens is 290 g/mol. The molecule has 0 unspecified atom stereocenters. The second-order valence-electron chi connectivity index (χ2n) is 3.43. The zero-order chi connectivity index (χ0) is 12.4. The largest absolute Gasteiger partial charge is 0.288 e. The Balaban J connectivity index is 2.47. The molecule has 0 radical (unpaired) electrons. The summed E-state index contributed by atoms with van der Waals surface area (Å²) >= 11 is 3.12. The molecule has 0 aliphatic rings. The van der Waals surface area contributed by atoms with Crippen LogP contribution in [0.3, 0.4) is 0 Å². The molecular formula is C13H7BrF2O. The van der Waals surface area contributed by atoms with E-state index in [1.807, 2.05) is 0 Å². The summed E-state index contributed by atoms with van der Waals surface area (Å²) in [7, 11) is 0. The minimum Gasteiger partial charge on any atom is -0.288 e. The van der Waals surface area contributed by atoms with Gasteiger partial charge in [0.15, 0.2) is 5.78 Å². The van der Waals surface area contributed by atoms with Crippen LogP contribution < -0.4 is 0 Å². The van der Waals surface area contributed by atoms with Crippen molar-refractivity contribution in [3.8, 4) is 0 Å². The highest BCUT2D eigenvalue weighted by molar-refractivity contribution is 9.10. The zero-order valence-electron chi connectivity index (χ0n) is 8.58. The van der Waals surface area contributed by atoms with Crippen molar-refractivity contribution in [1.29, 1.82) is 0 Å². The topological polar surface area (TPSA) is 17.1 Å². The normalized spacial score (nSPS) is 10.3. The summed E-state index contributed by atoms with van der Waals surface area (Å²) in [4.78, 5) is 12.0. The molecule has 2 aromatic rings. The number of ketones is 1. The van der Waals surface area contributed by atoms with Gasteiger partial charge < -0.3 is 0 Å². The molecule has 4 heteroatoms. The highest BCUT2D eigenvalue weighted by atomic mass is 79.9. The molecule has 0 saturated heterocycles. The number of carbonyl (C=O) groups excluding carboxylic acids is 1. The van der Waals surface area contributed by atoms with Crippen LogP contribution in [0.4, 0.5) is 8.78 Å². The summed E-state index contributed by atoms with van der Waals surface area (Å²) in [6.45, 7) is 0. The number of hydrogen-bond acceptors (Lipinski definition) is 1. The Bertz CT molecular complexity index is 544. The molecule has 0 bridgehead atoms. The molecule has 2 rings (SSSR count). The maximum absolute atomic E-state index is 13.5. The molecule has 0 saturated carbocycles. The standard InChI is InChI=1S/C13H7BrF2O/c14-10-2-1-3-11(16)12(10)13(17)8-4-6-9(15)7-5-8/h1-7H. The third kappa shape index (κ3) is 2.42. The predicted molar refractivity (Wildman–Crippen MR) is 63.9 cm³/mol. The lowest BCUT2D eigenvalue weighted by Gasteiger charge is -2.05. The minimum absolute atomic E-state index is 0.0425. The quantitative estimate of drug-likeness (QED) is 0.767. The Morgan fingerprint density at radius 2 is 1.65 bits per heavy atom. The number of rotatable bonds is 2. The van der Waals surface area contributed by atoms with Crippen molar-refractivity contribution in [1.82, 2.24) is 0 Å². The van der Waals surface area contributed by atoms with E-state index in [-0.39, 0.29) is 11.1 Å². The summed E-state index contributed by atoms with van der Waals surface area (Å²) in [5.41, 5.74) is 0.205. The molecule has 17 heavy (non-hydrogen) atoms. The fourth-order valence-corrected chi connectivity index (χ4v) is 1.98. The first-order valence-electron chi connectivity index (χ1n) is 4.84. The number of halogens is 3. The van der Waals surface area contributed by atoms with Gasteiger partial charge in [-0.2, -0.15) is 0 Å². The van der Waals surface area contributed by atoms with Crippen LogP contribution in [0.5, 0.6) is 0 Å². The van der Waals surface area contributed by atoms with Crippen molar-refractivity contribution >= 4 is 21.7 Å². The van der Waals surface area contributed by atoms with Crippen LogP contribution in [-0.4, -0.2) is 5.78 Å². The molecule has 0 N–H and O–H groups in total. The van der Waals surface area contributed by atoms with Gasteiger partial charge in [0.05, 0.1) is 5.56 Å². The van der Waals surface area contributed by atoms with Gasteiger partial charge in [0.2, 0.25) is 0 Å². The molecule has 2 aromatic carbocycles. The molecule has 1 nitrogen and oxygen atoms in total. The highest BCUT2D eigenvalue weighted by Gasteiger charge is 2.16. The Labute approximate surface area is 105 Å². The van der Waals surface area contributed by atoms with Crippen LogP contribution in [0.25, 0.3) is 0 Å². The van der Waals surface area contributed by atoms with Crippen molar-refractivity contribution in [2.75, 3.05) is 0 Å². The molecule has 0 aliphatic heterocycles. The monoisotopic (exact) mass is 296 g/mol. The van der Waals surface area contributed by atoms with Gasteiger partial charge in [-0.25, -0.2) is 8.78 Å². The number of benzene rings is 2. The van der Waals surface area contributed by atoms with Crippen LogP contribution in [0.1, 0.15) is 15.9 Å². The van der Waals surface area contributed by atoms with Gasteiger partial charge in [0.25, 0.3) is 0 Å². The molecule has 86 valence electrons. The molecule has 0 aliphatic carbocycles. The van der Waals surface area contributed by atoms with Crippen LogP contribution in [0.2, 0.25) is 0 Å². The van der Waals surface area contributed by atoms with Gasteiger partial charge in [-0.1, -0.05) is 6.07 Å². The third-order valence-corrected chi connectivity index (χ3v) is 2.96. The highest BCUT2D eigenvalue weighted by Crippen LogP contribution is 2.22. The first-order chi connectivity index (χ1) is 8.09. The molecule has 0 spiro atoms. The van der Waals surface area contributed by atoms with E-state index >= 15 is 0 Å². The fourth-order valence-electron chi connectivity index (χ4n) is 1.46. The second-order valence-corrected chi connectivity index (χ2v) is 4.29. The van der Waals surface area contributed by atoms with E-state index in [0.717, 1.165) is 0 Å². The van der Waals surface area contributed by atoms with Gasteiger partial charge in [0, 0.05) is 10.0 Å². The first kappa shape index (κ1) is 11.9. The summed E-state index contributed by atoms with van der Waals surface area (Å²) in [6.07, 6.45) is 0. The Morgan fingerprint density at radius 3 is 2.24 bits per heavy atom. The predicted octanol–water partition coefficient (Wildman–Crippen LogP) is 3.96. The van der Waals surface area contributed by atoms with Crippen molar-refractivity contribution in [2.45, 2.75) is 0 Å². The summed E-state index contributed by atoms with van der Waals surface area (Å²) in [5.74, 6) is -1.52. The average Bonchev–Trinajstić information content (AvgIpc) is 2.29. The third-order valence-electron chi connectivity index (χ3n) is 2.30. The van der Waals surface area contributed by atoms with Gasteiger partial charge in [-0.05, 0) is 52.3 Å². The molecule has 0 fully saturated rings. The Hall–Kier alpha value is -1.55. The Morgan fingerprint density at radius 1 is 1.00 bits per heavy atom. The molecule has 0 heterocycles. The van der Waals surface area contributed by atoms with Gasteiger partial charge in [0.1, 0.15) is 11.6 Å². The second kappa shape index (κ2) is 4.75. The lowest BCUT2D eigenvalue weighted by atomic mass is 10.0. The van der Waals surface area contributed by atoms with E-state index in [9.17, 15) is 13.6 Å². The maximum Gasteiger partial charge on any atom is 0.197 e. The van der Waals surface area contributed by atoms with Crippen molar-refractivity contribution in [2.24, 2.45) is 0 Å².